The van der Waals surface area contributed by atoms with E-state index in [0.29, 0.717) is 11.5 Å². The number of ether oxygens (including phenoxy) is 1. The van der Waals surface area contributed by atoms with Crippen LogP contribution in [0.4, 0.5) is 0 Å². The van der Waals surface area contributed by atoms with E-state index in [9.17, 15) is 9.36 Å². The normalized spacial score (nSPS) is 10.7. The molecule has 126 valence electrons. The summed E-state index contributed by atoms with van der Waals surface area (Å²) < 4.78 is 33.4. The van der Waals surface area contributed by atoms with Crippen LogP contribution < -0.4 is 9.05 Å². The maximum atomic E-state index is 12.8. The first-order chi connectivity index (χ1) is 11.5. The summed E-state index contributed by atoms with van der Waals surface area (Å²) in [6.07, 6.45) is 0. The lowest BCUT2D eigenvalue weighted by Gasteiger charge is -2.18. The van der Waals surface area contributed by atoms with Crippen molar-refractivity contribution in [1.82, 2.24) is 0 Å². The summed E-state index contributed by atoms with van der Waals surface area (Å²) in [5, 5.41) is 0. The maximum absolute atomic E-state index is 12.8. The van der Waals surface area contributed by atoms with Gasteiger partial charge in [0.2, 0.25) is 6.79 Å². The minimum absolute atomic E-state index is 0.196. The molecule has 24 heavy (non-hydrogen) atoms. The van der Waals surface area contributed by atoms with Gasteiger partial charge in [-0.2, -0.15) is 0 Å². The van der Waals surface area contributed by atoms with Gasteiger partial charge in [-0.25, -0.2) is 13.9 Å². The van der Waals surface area contributed by atoms with E-state index in [2.05, 4.69) is 6.58 Å². The summed E-state index contributed by atoms with van der Waals surface area (Å²) >= 11 is 0. The smallest absolute Gasteiger partial charge is 0.434 e. The molecule has 2 rings (SSSR count). The largest absolute Gasteiger partial charge is 0.590 e. The first-order valence-electron chi connectivity index (χ1n) is 7.05. The summed E-state index contributed by atoms with van der Waals surface area (Å²) in [5.41, 5.74) is 0.196. The fourth-order valence-corrected chi connectivity index (χ4v) is 2.64. The molecule has 0 radical (unpaired) electrons. The Balaban J connectivity index is 2.09. The number of phosphoric ester groups is 1. The molecule has 6 nitrogen and oxygen atoms in total. The van der Waals surface area contributed by atoms with Crippen molar-refractivity contribution >= 4 is 13.8 Å². The average Bonchev–Trinajstić information content (AvgIpc) is 2.56. The van der Waals surface area contributed by atoms with Gasteiger partial charge in [0.1, 0.15) is 11.5 Å². The number of esters is 1. The molecule has 2 aromatic carbocycles. The topological polar surface area (TPSA) is 71.1 Å². The Hall–Kier alpha value is -2.56. The van der Waals surface area contributed by atoms with Crippen molar-refractivity contribution in [3.05, 3.63) is 72.8 Å². The van der Waals surface area contributed by atoms with Crippen molar-refractivity contribution in [2.45, 2.75) is 6.92 Å². The van der Waals surface area contributed by atoms with Crippen LogP contribution in [0.5, 0.6) is 11.5 Å². The molecule has 7 heteroatoms. The van der Waals surface area contributed by atoms with Crippen molar-refractivity contribution in [2.24, 2.45) is 0 Å². The minimum atomic E-state index is -4.06. The molecule has 0 saturated heterocycles. The van der Waals surface area contributed by atoms with E-state index in [-0.39, 0.29) is 5.57 Å². The first kappa shape index (κ1) is 17.8. The number of hydrogen-bond donors (Lipinski definition) is 0. The third-order valence-electron chi connectivity index (χ3n) is 2.67. The molecule has 0 unspecified atom stereocenters. The van der Waals surface area contributed by atoms with Crippen LogP contribution in [0.2, 0.25) is 0 Å². The van der Waals surface area contributed by atoms with E-state index in [4.69, 9.17) is 18.3 Å². The van der Waals surface area contributed by atoms with E-state index < -0.39 is 20.6 Å². The quantitative estimate of drug-likeness (QED) is 0.306. The summed E-state index contributed by atoms with van der Waals surface area (Å²) in [6, 6.07) is 16.8. The zero-order valence-corrected chi connectivity index (χ0v) is 14.0. The van der Waals surface area contributed by atoms with Crippen LogP contribution in [0, 0.1) is 0 Å². The highest BCUT2D eigenvalue weighted by Crippen LogP contribution is 2.49. The Kier molecular flexibility index (Phi) is 6.18. The van der Waals surface area contributed by atoms with Gasteiger partial charge in [0, 0.05) is 5.57 Å². The summed E-state index contributed by atoms with van der Waals surface area (Å²) in [7, 11) is -4.06. The average molecular weight is 348 g/mol. The van der Waals surface area contributed by atoms with Crippen LogP contribution in [0.15, 0.2) is 72.8 Å². The van der Waals surface area contributed by atoms with Crippen LogP contribution >= 0.6 is 7.82 Å². The van der Waals surface area contributed by atoms with E-state index in [1.54, 1.807) is 60.7 Å². The second kappa shape index (κ2) is 8.34. The van der Waals surface area contributed by atoms with Crippen LogP contribution in [0.25, 0.3) is 0 Å². The zero-order valence-electron chi connectivity index (χ0n) is 13.1. The Morgan fingerprint density at radius 3 is 1.83 bits per heavy atom. The second-order valence-corrected chi connectivity index (χ2v) is 6.23. The van der Waals surface area contributed by atoms with E-state index in [1.807, 2.05) is 0 Å². The number of hydrogen-bond acceptors (Lipinski definition) is 6. The van der Waals surface area contributed by atoms with Gasteiger partial charge in [0.05, 0.1) is 0 Å². The van der Waals surface area contributed by atoms with Crippen LogP contribution in [-0.2, 0) is 18.6 Å². The minimum Gasteiger partial charge on any atom is -0.434 e. The predicted molar refractivity (Wildman–Crippen MR) is 88.6 cm³/mol. The monoisotopic (exact) mass is 348 g/mol. The van der Waals surface area contributed by atoms with Gasteiger partial charge in [-0.1, -0.05) is 43.0 Å². The second-order valence-electron chi connectivity index (χ2n) is 4.71. The molecule has 0 bridgehead atoms. The summed E-state index contributed by atoms with van der Waals surface area (Å²) in [6.45, 7) is 4.34. The Morgan fingerprint density at radius 2 is 1.42 bits per heavy atom. The third kappa shape index (κ3) is 5.57. The van der Waals surface area contributed by atoms with Crippen molar-refractivity contribution in [1.29, 1.82) is 0 Å². The maximum Gasteiger partial charge on any atom is 0.590 e. The lowest BCUT2D eigenvalue weighted by molar-refractivity contribution is -0.145. The fraction of sp³-hybridized carbons (Fsp3) is 0.118. The fourth-order valence-electron chi connectivity index (χ4n) is 1.56. The summed E-state index contributed by atoms with van der Waals surface area (Å²) in [4.78, 5) is 11.4. The molecule has 0 aromatic heterocycles. The molecule has 0 aliphatic carbocycles. The first-order valence-corrected chi connectivity index (χ1v) is 8.51. The molecule has 0 saturated carbocycles. The van der Waals surface area contributed by atoms with E-state index in [1.165, 1.54) is 6.92 Å². The molecule has 0 heterocycles. The van der Waals surface area contributed by atoms with Gasteiger partial charge in [-0.05, 0) is 31.2 Å². The van der Waals surface area contributed by atoms with E-state index >= 15 is 0 Å². The molecule has 2 aromatic rings. The van der Waals surface area contributed by atoms with Gasteiger partial charge < -0.3 is 13.8 Å². The number of carbonyl (C=O) groups is 1. The molecule has 0 amide bonds. The lowest BCUT2D eigenvalue weighted by atomic mass is 10.3. The Bertz CT molecular complexity index is 684. The number of rotatable bonds is 8. The van der Waals surface area contributed by atoms with Gasteiger partial charge in [-0.3, -0.25) is 0 Å². The SMILES string of the molecule is C=C(C)C(=O)OCOP(=O)(Oc1ccccc1)Oc1ccccc1. The standard InChI is InChI=1S/C17H17O6P/c1-14(2)17(18)20-13-21-24(19,22-15-9-5-3-6-10-15)23-16-11-7-4-8-12-16/h3-12H,1,13H2,2H3. The van der Waals surface area contributed by atoms with Crippen molar-refractivity contribution in [3.63, 3.8) is 0 Å². The van der Waals surface area contributed by atoms with Gasteiger partial charge in [0.15, 0.2) is 0 Å². The van der Waals surface area contributed by atoms with Crippen molar-refractivity contribution < 1.29 is 27.7 Å². The zero-order chi connectivity index (χ0) is 17.4. The predicted octanol–water partition coefficient (Wildman–Crippen LogP) is 4.35. The molecule has 0 atom stereocenters. The van der Waals surface area contributed by atoms with Crippen LogP contribution in [-0.4, -0.2) is 12.8 Å². The Labute approximate surface area is 140 Å². The molecule has 0 aliphatic heterocycles. The molecule has 0 fully saturated rings. The molecular formula is C17H17O6P. The van der Waals surface area contributed by atoms with Gasteiger partial charge in [0.25, 0.3) is 0 Å². The van der Waals surface area contributed by atoms with Crippen molar-refractivity contribution in [2.75, 3.05) is 6.79 Å². The molecule has 0 aliphatic rings. The van der Waals surface area contributed by atoms with Crippen molar-refractivity contribution in [3.8, 4) is 11.5 Å². The lowest BCUT2D eigenvalue weighted by Crippen LogP contribution is -2.12. The highest BCUT2D eigenvalue weighted by atomic mass is 31.2. The number of carbonyl (C=O) groups excluding carboxylic acids is 1. The summed E-state index contributed by atoms with van der Waals surface area (Å²) in [5.74, 6) is -0.0769. The third-order valence-corrected chi connectivity index (χ3v) is 3.96. The molecule has 0 N–H and O–H groups in total. The number of para-hydroxylation sites is 2. The van der Waals surface area contributed by atoms with Crippen LogP contribution in [0.3, 0.4) is 0 Å². The molecule has 0 spiro atoms. The number of benzene rings is 2. The van der Waals surface area contributed by atoms with E-state index in [0.717, 1.165) is 0 Å². The van der Waals surface area contributed by atoms with Gasteiger partial charge in [-0.15, -0.1) is 0 Å². The van der Waals surface area contributed by atoms with Crippen LogP contribution in [0.1, 0.15) is 6.92 Å². The number of phosphoric acid groups is 1. The highest BCUT2D eigenvalue weighted by Gasteiger charge is 2.31. The Morgan fingerprint density at radius 1 is 0.958 bits per heavy atom. The molecular weight excluding hydrogens is 331 g/mol. The van der Waals surface area contributed by atoms with Gasteiger partial charge >= 0.3 is 13.8 Å². The highest BCUT2D eigenvalue weighted by molar-refractivity contribution is 7.49.